The second kappa shape index (κ2) is 5.59. The Balaban J connectivity index is 1.71. The Morgan fingerprint density at radius 2 is 2.27 bits per heavy atom. The van der Waals surface area contributed by atoms with Crippen molar-refractivity contribution in [2.24, 2.45) is 0 Å². The number of benzene rings is 1. The summed E-state index contributed by atoms with van der Waals surface area (Å²) >= 11 is 0. The number of oxazole rings is 1. The number of aromatic nitrogens is 1. The maximum Gasteiger partial charge on any atom is 0.249 e. The van der Waals surface area contributed by atoms with Gasteiger partial charge in [-0.15, -0.1) is 0 Å². The van der Waals surface area contributed by atoms with Gasteiger partial charge in [-0.3, -0.25) is 19.7 Å². The highest BCUT2D eigenvalue weighted by atomic mass is 16.3. The van der Waals surface area contributed by atoms with Crippen molar-refractivity contribution in [1.29, 1.82) is 0 Å². The Hall–Kier alpha value is -2.70. The molecule has 3 rings (SSSR count). The van der Waals surface area contributed by atoms with Gasteiger partial charge >= 0.3 is 0 Å². The summed E-state index contributed by atoms with van der Waals surface area (Å²) in [6, 6.07) is 4.74. The molecule has 0 saturated carbocycles. The molecule has 1 saturated heterocycles. The molecule has 3 amide bonds. The summed E-state index contributed by atoms with van der Waals surface area (Å²) in [5, 5.41) is 4.85. The number of para-hydroxylation sites is 1. The van der Waals surface area contributed by atoms with Crippen LogP contribution in [0, 0.1) is 6.92 Å². The molecule has 22 heavy (non-hydrogen) atoms. The maximum atomic E-state index is 12.1. The van der Waals surface area contributed by atoms with E-state index in [0.717, 1.165) is 0 Å². The van der Waals surface area contributed by atoms with Gasteiger partial charge in [-0.05, 0) is 12.5 Å². The molecule has 0 aliphatic carbocycles. The fourth-order valence-electron chi connectivity index (χ4n) is 2.51. The first-order valence-corrected chi connectivity index (χ1v) is 7.01. The van der Waals surface area contributed by atoms with Crippen molar-refractivity contribution in [2.45, 2.75) is 32.2 Å². The van der Waals surface area contributed by atoms with Crippen LogP contribution in [0.2, 0.25) is 0 Å². The lowest BCUT2D eigenvalue weighted by molar-refractivity contribution is -0.137. The van der Waals surface area contributed by atoms with Crippen LogP contribution in [0.4, 0.5) is 0 Å². The molecule has 1 aromatic carbocycles. The fraction of sp³-hybridized carbons (Fsp3) is 0.333. The van der Waals surface area contributed by atoms with Gasteiger partial charge in [0.1, 0.15) is 11.6 Å². The maximum absolute atomic E-state index is 12.1. The largest absolute Gasteiger partial charge is 0.441 e. The summed E-state index contributed by atoms with van der Waals surface area (Å²) < 4.78 is 5.51. The number of carbonyl (C=O) groups is 3. The van der Waals surface area contributed by atoms with Crippen LogP contribution in [0.1, 0.15) is 24.3 Å². The van der Waals surface area contributed by atoms with E-state index in [-0.39, 0.29) is 24.7 Å². The number of aryl methyl sites for hydroxylation is 1. The Morgan fingerprint density at radius 3 is 3.05 bits per heavy atom. The van der Waals surface area contributed by atoms with E-state index in [9.17, 15) is 14.4 Å². The van der Waals surface area contributed by atoms with Crippen LogP contribution in [-0.4, -0.2) is 28.7 Å². The SMILES string of the molecule is Cc1nc2cccc(CC(=O)NC3CCC(=O)NC3=O)c2o1. The van der Waals surface area contributed by atoms with Crippen LogP contribution in [0.25, 0.3) is 11.1 Å². The third kappa shape index (κ3) is 2.83. The topological polar surface area (TPSA) is 101 Å². The molecule has 7 nitrogen and oxygen atoms in total. The number of carbonyl (C=O) groups excluding carboxylic acids is 3. The summed E-state index contributed by atoms with van der Waals surface area (Å²) in [5.74, 6) is -0.528. The Labute approximate surface area is 126 Å². The normalized spacial score (nSPS) is 18.3. The smallest absolute Gasteiger partial charge is 0.249 e. The number of nitrogens with one attached hydrogen (secondary N) is 2. The second-order valence-corrected chi connectivity index (χ2v) is 5.25. The number of fused-ring (bicyclic) bond motifs is 1. The number of piperidine rings is 1. The van der Waals surface area contributed by atoms with E-state index < -0.39 is 11.9 Å². The van der Waals surface area contributed by atoms with Crippen LogP contribution in [-0.2, 0) is 20.8 Å². The minimum Gasteiger partial charge on any atom is -0.441 e. The van der Waals surface area contributed by atoms with Crippen molar-refractivity contribution < 1.29 is 18.8 Å². The fourth-order valence-corrected chi connectivity index (χ4v) is 2.51. The van der Waals surface area contributed by atoms with Crippen molar-refractivity contribution in [3.05, 3.63) is 29.7 Å². The molecule has 2 N–H and O–H groups in total. The minimum absolute atomic E-state index is 0.0870. The first-order valence-electron chi connectivity index (χ1n) is 7.01. The number of amides is 3. The van der Waals surface area contributed by atoms with Crippen LogP contribution < -0.4 is 10.6 Å². The summed E-state index contributed by atoms with van der Waals surface area (Å²) in [5.41, 5.74) is 1.99. The molecule has 0 spiro atoms. The molecule has 1 aliphatic rings. The van der Waals surface area contributed by atoms with Crippen molar-refractivity contribution in [3.63, 3.8) is 0 Å². The van der Waals surface area contributed by atoms with E-state index in [1.807, 2.05) is 6.07 Å². The van der Waals surface area contributed by atoms with E-state index in [0.29, 0.717) is 29.0 Å². The van der Waals surface area contributed by atoms with E-state index in [1.165, 1.54) is 0 Å². The average molecular weight is 301 g/mol. The highest BCUT2D eigenvalue weighted by Crippen LogP contribution is 2.20. The molecule has 1 aromatic heterocycles. The van der Waals surface area contributed by atoms with Gasteiger partial charge in [0.25, 0.3) is 0 Å². The zero-order valence-electron chi connectivity index (χ0n) is 12.0. The zero-order chi connectivity index (χ0) is 15.7. The summed E-state index contributed by atoms with van der Waals surface area (Å²) in [6.07, 6.45) is 0.638. The zero-order valence-corrected chi connectivity index (χ0v) is 12.0. The molecular weight excluding hydrogens is 286 g/mol. The number of imide groups is 1. The third-order valence-electron chi connectivity index (χ3n) is 3.53. The molecule has 0 bridgehead atoms. The van der Waals surface area contributed by atoms with E-state index in [2.05, 4.69) is 15.6 Å². The van der Waals surface area contributed by atoms with Crippen LogP contribution >= 0.6 is 0 Å². The van der Waals surface area contributed by atoms with Gasteiger partial charge in [0.15, 0.2) is 11.5 Å². The molecule has 1 aliphatic heterocycles. The van der Waals surface area contributed by atoms with Gasteiger partial charge in [0, 0.05) is 18.9 Å². The summed E-state index contributed by atoms with van der Waals surface area (Å²) in [7, 11) is 0. The molecule has 114 valence electrons. The van der Waals surface area contributed by atoms with Crippen molar-refractivity contribution in [3.8, 4) is 0 Å². The van der Waals surface area contributed by atoms with Gasteiger partial charge in [-0.25, -0.2) is 4.98 Å². The highest BCUT2D eigenvalue weighted by Gasteiger charge is 2.27. The molecule has 7 heteroatoms. The van der Waals surface area contributed by atoms with Gasteiger partial charge < -0.3 is 9.73 Å². The van der Waals surface area contributed by atoms with Gasteiger partial charge in [-0.1, -0.05) is 12.1 Å². The van der Waals surface area contributed by atoms with Crippen LogP contribution in [0.5, 0.6) is 0 Å². The first kappa shape index (κ1) is 14.2. The van der Waals surface area contributed by atoms with Crippen LogP contribution in [0.3, 0.4) is 0 Å². The van der Waals surface area contributed by atoms with Gasteiger partial charge in [0.05, 0.1) is 6.42 Å². The average Bonchev–Trinajstić information content (AvgIpc) is 2.83. The first-order chi connectivity index (χ1) is 10.5. The molecule has 1 atom stereocenters. The van der Waals surface area contributed by atoms with Crippen molar-refractivity contribution in [1.82, 2.24) is 15.6 Å². The predicted octanol–water partition coefficient (Wildman–Crippen LogP) is 0.600. The Kier molecular flexibility index (Phi) is 3.62. The number of hydrogen-bond acceptors (Lipinski definition) is 5. The lowest BCUT2D eigenvalue weighted by Crippen LogP contribution is -2.52. The molecular formula is C15H15N3O4. The predicted molar refractivity (Wildman–Crippen MR) is 76.8 cm³/mol. The molecule has 2 aromatic rings. The minimum atomic E-state index is -0.666. The van der Waals surface area contributed by atoms with Crippen molar-refractivity contribution in [2.75, 3.05) is 0 Å². The lowest BCUT2D eigenvalue weighted by atomic mass is 10.1. The Bertz CT molecular complexity index is 765. The van der Waals surface area contributed by atoms with Gasteiger partial charge in [-0.2, -0.15) is 0 Å². The molecule has 2 heterocycles. The number of rotatable bonds is 3. The van der Waals surface area contributed by atoms with E-state index in [1.54, 1.807) is 19.1 Å². The molecule has 1 unspecified atom stereocenters. The number of hydrogen-bond donors (Lipinski definition) is 2. The Morgan fingerprint density at radius 1 is 1.45 bits per heavy atom. The summed E-state index contributed by atoms with van der Waals surface area (Å²) in [6.45, 7) is 1.74. The molecule has 0 radical (unpaired) electrons. The number of nitrogens with zero attached hydrogens (tertiary/aromatic N) is 1. The van der Waals surface area contributed by atoms with Crippen LogP contribution in [0.15, 0.2) is 22.6 Å². The lowest BCUT2D eigenvalue weighted by Gasteiger charge is -2.21. The third-order valence-corrected chi connectivity index (χ3v) is 3.53. The van der Waals surface area contributed by atoms with Gasteiger partial charge in [0.2, 0.25) is 17.7 Å². The monoisotopic (exact) mass is 301 g/mol. The summed E-state index contributed by atoms with van der Waals surface area (Å²) in [4.78, 5) is 39.1. The van der Waals surface area contributed by atoms with Crippen molar-refractivity contribution >= 4 is 28.8 Å². The quantitative estimate of drug-likeness (QED) is 0.808. The van der Waals surface area contributed by atoms with E-state index >= 15 is 0 Å². The highest BCUT2D eigenvalue weighted by molar-refractivity contribution is 6.01. The van der Waals surface area contributed by atoms with E-state index in [4.69, 9.17) is 4.42 Å². The molecule has 1 fully saturated rings. The second-order valence-electron chi connectivity index (χ2n) is 5.25. The standard InChI is InChI=1S/C15H15N3O4/c1-8-16-10-4-2-3-9(14(10)22-8)7-13(20)17-11-5-6-12(19)18-15(11)21/h2-4,11H,5-7H2,1H3,(H,17,20)(H,18,19,21).